The Labute approximate surface area is 218 Å². The van der Waals surface area contributed by atoms with Gasteiger partial charge in [0.25, 0.3) is 5.91 Å². The predicted molar refractivity (Wildman–Crippen MR) is 142 cm³/mol. The quantitative estimate of drug-likeness (QED) is 0.395. The molecule has 1 aliphatic rings. The number of ether oxygens (including phenoxy) is 2. The van der Waals surface area contributed by atoms with Crippen LogP contribution in [0, 0.1) is 6.92 Å². The minimum absolute atomic E-state index is 0.0984. The van der Waals surface area contributed by atoms with Crippen LogP contribution in [-0.4, -0.2) is 43.5 Å². The number of hydrogen-bond donors (Lipinski definition) is 1. The van der Waals surface area contributed by atoms with Crippen LogP contribution in [0.15, 0.2) is 65.3 Å². The molecule has 196 valence electrons. The van der Waals surface area contributed by atoms with E-state index in [-0.39, 0.29) is 23.6 Å². The van der Waals surface area contributed by atoms with Gasteiger partial charge < -0.3 is 24.1 Å². The van der Waals surface area contributed by atoms with Crippen molar-refractivity contribution in [3.8, 4) is 11.5 Å². The van der Waals surface area contributed by atoms with E-state index in [2.05, 4.69) is 11.4 Å². The number of nitrogens with one attached hydrogen (secondary N) is 1. The zero-order chi connectivity index (χ0) is 26.2. The molecule has 1 aromatic heterocycles. The Kier molecular flexibility index (Phi) is 8.88. The molecule has 0 bridgehead atoms. The standard InChI is InChI=1S/C30H36N2O5/c1-21-9-7-10-22(19-21)16-17-32(30(34)26-13-8-18-37-26)28(29(33)31-24-11-5-4-6-12-24)23-14-15-25(35-2)27(20-23)36-3/h7-10,13-15,18-20,24,28H,4-6,11-12,16-17H2,1-3H3,(H,31,33)/t28-/m0/s1. The number of benzene rings is 2. The summed E-state index contributed by atoms with van der Waals surface area (Å²) in [5, 5.41) is 3.24. The van der Waals surface area contributed by atoms with Crippen LogP contribution in [0.3, 0.4) is 0 Å². The molecule has 0 radical (unpaired) electrons. The van der Waals surface area contributed by atoms with Gasteiger partial charge in [-0.3, -0.25) is 9.59 Å². The van der Waals surface area contributed by atoms with E-state index in [4.69, 9.17) is 13.9 Å². The minimum Gasteiger partial charge on any atom is -0.493 e. The second-order valence-corrected chi connectivity index (χ2v) is 9.58. The van der Waals surface area contributed by atoms with Gasteiger partial charge in [-0.1, -0.05) is 55.2 Å². The molecule has 0 unspecified atom stereocenters. The van der Waals surface area contributed by atoms with Crippen LogP contribution in [0.25, 0.3) is 0 Å². The third-order valence-corrected chi connectivity index (χ3v) is 6.95. The molecule has 1 N–H and O–H groups in total. The van der Waals surface area contributed by atoms with Crippen molar-refractivity contribution in [3.63, 3.8) is 0 Å². The highest BCUT2D eigenvalue weighted by molar-refractivity contribution is 5.96. The average molecular weight is 505 g/mol. The maximum atomic E-state index is 13.9. The van der Waals surface area contributed by atoms with E-state index in [1.165, 1.54) is 12.7 Å². The Morgan fingerprint density at radius 3 is 2.46 bits per heavy atom. The highest BCUT2D eigenvalue weighted by Crippen LogP contribution is 2.33. The van der Waals surface area contributed by atoms with Gasteiger partial charge in [-0.2, -0.15) is 0 Å². The first-order chi connectivity index (χ1) is 18.0. The summed E-state index contributed by atoms with van der Waals surface area (Å²) in [6.07, 6.45) is 7.32. The SMILES string of the molecule is COc1ccc([C@@H](C(=O)NC2CCCCC2)N(CCc2cccc(C)c2)C(=O)c2ccco2)cc1OC. The first-order valence-corrected chi connectivity index (χ1v) is 12.9. The molecule has 1 fully saturated rings. The lowest BCUT2D eigenvalue weighted by Crippen LogP contribution is -2.47. The smallest absolute Gasteiger partial charge is 0.290 e. The topological polar surface area (TPSA) is 81.0 Å². The van der Waals surface area contributed by atoms with Gasteiger partial charge in [0, 0.05) is 12.6 Å². The van der Waals surface area contributed by atoms with Crippen molar-refractivity contribution in [3.05, 3.63) is 83.3 Å². The fourth-order valence-corrected chi connectivity index (χ4v) is 5.03. The van der Waals surface area contributed by atoms with E-state index < -0.39 is 6.04 Å². The van der Waals surface area contributed by atoms with Crippen molar-refractivity contribution in [2.75, 3.05) is 20.8 Å². The average Bonchev–Trinajstić information content (AvgIpc) is 3.46. The molecule has 4 rings (SSSR count). The molecule has 2 amide bonds. The summed E-state index contributed by atoms with van der Waals surface area (Å²) < 4.78 is 16.4. The summed E-state index contributed by atoms with van der Waals surface area (Å²) in [6.45, 7) is 2.37. The molecular formula is C30H36N2O5. The largest absolute Gasteiger partial charge is 0.493 e. The van der Waals surface area contributed by atoms with E-state index in [1.54, 1.807) is 43.4 Å². The number of methoxy groups -OCH3 is 2. The molecule has 7 heteroatoms. The molecule has 1 saturated carbocycles. The molecule has 1 heterocycles. The first-order valence-electron chi connectivity index (χ1n) is 12.9. The van der Waals surface area contributed by atoms with Crippen molar-refractivity contribution in [2.45, 2.75) is 57.5 Å². The fraction of sp³-hybridized carbons (Fsp3) is 0.400. The van der Waals surface area contributed by atoms with Gasteiger partial charge in [0.05, 0.1) is 20.5 Å². The Balaban J connectivity index is 1.73. The van der Waals surface area contributed by atoms with E-state index in [1.807, 2.05) is 31.2 Å². The van der Waals surface area contributed by atoms with Gasteiger partial charge >= 0.3 is 0 Å². The number of carbonyl (C=O) groups is 2. The molecule has 1 aliphatic carbocycles. The molecule has 2 aromatic carbocycles. The third-order valence-electron chi connectivity index (χ3n) is 6.95. The molecule has 37 heavy (non-hydrogen) atoms. The van der Waals surface area contributed by atoms with Crippen molar-refractivity contribution in [1.29, 1.82) is 0 Å². The van der Waals surface area contributed by atoms with Crippen molar-refractivity contribution in [2.24, 2.45) is 0 Å². The molecule has 0 saturated heterocycles. The van der Waals surface area contributed by atoms with Crippen LogP contribution < -0.4 is 14.8 Å². The lowest BCUT2D eigenvalue weighted by atomic mass is 9.94. The number of aryl methyl sites for hydroxylation is 1. The Morgan fingerprint density at radius 2 is 1.78 bits per heavy atom. The van der Waals surface area contributed by atoms with Crippen LogP contribution >= 0.6 is 0 Å². The molecule has 1 atom stereocenters. The third kappa shape index (κ3) is 6.53. The van der Waals surface area contributed by atoms with Crippen LogP contribution in [0.4, 0.5) is 0 Å². The Morgan fingerprint density at radius 1 is 1.00 bits per heavy atom. The second-order valence-electron chi connectivity index (χ2n) is 9.58. The lowest BCUT2D eigenvalue weighted by molar-refractivity contribution is -0.126. The fourth-order valence-electron chi connectivity index (χ4n) is 5.03. The monoisotopic (exact) mass is 504 g/mol. The second kappa shape index (κ2) is 12.5. The van der Waals surface area contributed by atoms with Crippen LogP contribution in [0.1, 0.15) is 65.4 Å². The zero-order valence-electron chi connectivity index (χ0n) is 21.9. The number of nitrogens with zero attached hydrogens (tertiary/aromatic N) is 1. The molecule has 3 aromatic rings. The van der Waals surface area contributed by atoms with Crippen LogP contribution in [0.5, 0.6) is 11.5 Å². The number of hydrogen-bond acceptors (Lipinski definition) is 5. The summed E-state index contributed by atoms with van der Waals surface area (Å²) in [7, 11) is 3.13. The first kappa shape index (κ1) is 26.3. The maximum absolute atomic E-state index is 13.9. The van der Waals surface area contributed by atoms with E-state index in [9.17, 15) is 9.59 Å². The van der Waals surface area contributed by atoms with Crippen molar-refractivity contribution < 1.29 is 23.5 Å². The lowest BCUT2D eigenvalue weighted by Gasteiger charge is -2.33. The minimum atomic E-state index is -0.871. The van der Waals surface area contributed by atoms with Gasteiger partial charge in [0.15, 0.2) is 17.3 Å². The highest BCUT2D eigenvalue weighted by Gasteiger charge is 2.34. The van der Waals surface area contributed by atoms with E-state index in [0.717, 1.165) is 36.8 Å². The molecule has 7 nitrogen and oxygen atoms in total. The van der Waals surface area contributed by atoms with Crippen LogP contribution in [0.2, 0.25) is 0 Å². The zero-order valence-corrected chi connectivity index (χ0v) is 21.9. The summed E-state index contributed by atoms with van der Waals surface area (Å²) >= 11 is 0. The summed E-state index contributed by atoms with van der Waals surface area (Å²) in [5.41, 5.74) is 2.89. The van der Waals surface area contributed by atoms with Crippen molar-refractivity contribution in [1.82, 2.24) is 10.2 Å². The normalized spacial score (nSPS) is 14.6. The maximum Gasteiger partial charge on any atom is 0.290 e. The Hall–Kier alpha value is -3.74. The van der Waals surface area contributed by atoms with Gasteiger partial charge in [0.2, 0.25) is 5.91 Å². The number of rotatable bonds is 10. The Bertz CT molecular complexity index is 1180. The predicted octanol–water partition coefficient (Wildman–Crippen LogP) is 5.48. The van der Waals surface area contributed by atoms with Crippen molar-refractivity contribution >= 4 is 11.8 Å². The molecule has 0 spiro atoms. The summed E-state index contributed by atoms with van der Waals surface area (Å²) in [6, 6.07) is 16.1. The number of furan rings is 1. The number of carbonyl (C=O) groups excluding carboxylic acids is 2. The molecular weight excluding hydrogens is 468 g/mol. The number of amides is 2. The highest BCUT2D eigenvalue weighted by atomic mass is 16.5. The van der Waals surface area contributed by atoms with Gasteiger partial charge in [-0.05, 0) is 61.6 Å². The summed E-state index contributed by atoms with van der Waals surface area (Å²) in [5.74, 6) is 0.709. The summed E-state index contributed by atoms with van der Waals surface area (Å²) in [4.78, 5) is 29.3. The van der Waals surface area contributed by atoms with Crippen LogP contribution in [-0.2, 0) is 11.2 Å². The van der Waals surface area contributed by atoms with Gasteiger partial charge in [-0.25, -0.2) is 0 Å². The molecule has 0 aliphatic heterocycles. The van der Waals surface area contributed by atoms with Gasteiger partial charge in [0.1, 0.15) is 6.04 Å². The van der Waals surface area contributed by atoms with E-state index >= 15 is 0 Å². The van der Waals surface area contributed by atoms with Gasteiger partial charge in [-0.15, -0.1) is 0 Å². The van der Waals surface area contributed by atoms with E-state index in [0.29, 0.717) is 30.0 Å².